The maximum Gasteiger partial charge on any atom is 0.270 e. The molecule has 0 atom stereocenters. The van der Waals surface area contributed by atoms with Crippen molar-refractivity contribution in [1.82, 2.24) is 5.32 Å². The highest BCUT2D eigenvalue weighted by Gasteiger charge is 2.35. The van der Waals surface area contributed by atoms with Crippen molar-refractivity contribution in [2.45, 2.75) is 13.8 Å². The van der Waals surface area contributed by atoms with Gasteiger partial charge in [0.25, 0.3) is 11.8 Å². The fraction of sp³-hybridized carbons (Fsp3) is 0.0870. The molecule has 156 valence electrons. The second-order valence-electron chi connectivity index (χ2n) is 6.98. The van der Waals surface area contributed by atoms with Gasteiger partial charge >= 0.3 is 0 Å². The first-order valence-electron chi connectivity index (χ1n) is 9.30. The molecule has 1 aromatic heterocycles. The summed E-state index contributed by atoms with van der Waals surface area (Å²) < 4.78 is 5.81. The maximum absolute atomic E-state index is 13.2. The summed E-state index contributed by atoms with van der Waals surface area (Å²) in [6, 6.07) is 14.1. The van der Waals surface area contributed by atoms with Crippen molar-refractivity contribution >= 4 is 64.1 Å². The van der Waals surface area contributed by atoms with E-state index in [0.29, 0.717) is 32.8 Å². The van der Waals surface area contributed by atoms with Crippen molar-refractivity contribution in [1.29, 1.82) is 0 Å². The van der Waals surface area contributed by atoms with E-state index in [9.17, 15) is 9.59 Å². The molecular formula is C23H16Cl2N2O3S. The summed E-state index contributed by atoms with van der Waals surface area (Å²) in [4.78, 5) is 27.1. The van der Waals surface area contributed by atoms with E-state index in [2.05, 4.69) is 5.32 Å². The van der Waals surface area contributed by atoms with E-state index in [-0.39, 0.29) is 10.7 Å². The number of hydrogen-bond acceptors (Lipinski definition) is 4. The Morgan fingerprint density at radius 3 is 2.55 bits per heavy atom. The number of carbonyl (C=O) groups is 2. The average molecular weight is 471 g/mol. The lowest BCUT2D eigenvalue weighted by atomic mass is 10.0. The van der Waals surface area contributed by atoms with Crippen molar-refractivity contribution in [3.63, 3.8) is 0 Å². The van der Waals surface area contributed by atoms with Gasteiger partial charge < -0.3 is 4.42 Å². The van der Waals surface area contributed by atoms with Gasteiger partial charge in [0.15, 0.2) is 5.11 Å². The van der Waals surface area contributed by atoms with Gasteiger partial charge in [-0.15, -0.1) is 0 Å². The summed E-state index contributed by atoms with van der Waals surface area (Å²) in [6.07, 6.45) is 1.39. The highest BCUT2D eigenvalue weighted by atomic mass is 35.5. The Labute approximate surface area is 194 Å². The molecule has 1 aliphatic heterocycles. The van der Waals surface area contributed by atoms with Gasteiger partial charge in [-0.05, 0) is 73.6 Å². The largest absolute Gasteiger partial charge is 0.457 e. The van der Waals surface area contributed by atoms with Gasteiger partial charge in [0, 0.05) is 5.56 Å². The SMILES string of the molecule is Cc1cccc(N2C(=O)/C(=C\c3ccc(-c4cccc(Cl)c4Cl)o3)C(=O)NC2=S)c1C. The number of rotatable bonds is 3. The Hall–Kier alpha value is -2.93. The number of carbonyl (C=O) groups excluding carboxylic acids is 2. The van der Waals surface area contributed by atoms with Gasteiger partial charge in [-0.2, -0.15) is 0 Å². The monoisotopic (exact) mass is 470 g/mol. The van der Waals surface area contributed by atoms with Crippen LogP contribution in [0.3, 0.4) is 0 Å². The molecule has 8 heteroatoms. The topological polar surface area (TPSA) is 62.6 Å². The van der Waals surface area contributed by atoms with Crippen LogP contribution in [-0.4, -0.2) is 16.9 Å². The summed E-state index contributed by atoms with van der Waals surface area (Å²) >= 11 is 17.6. The van der Waals surface area contributed by atoms with Crippen LogP contribution < -0.4 is 10.2 Å². The molecule has 2 amide bonds. The van der Waals surface area contributed by atoms with Gasteiger partial charge in [0.2, 0.25) is 0 Å². The minimum Gasteiger partial charge on any atom is -0.457 e. The molecule has 0 spiro atoms. The Balaban J connectivity index is 1.72. The van der Waals surface area contributed by atoms with E-state index in [1.54, 1.807) is 36.4 Å². The number of anilines is 1. The molecule has 1 aliphatic rings. The van der Waals surface area contributed by atoms with Crippen molar-refractivity contribution in [3.8, 4) is 11.3 Å². The number of hydrogen-bond donors (Lipinski definition) is 1. The summed E-state index contributed by atoms with van der Waals surface area (Å²) in [5.74, 6) is -0.334. The van der Waals surface area contributed by atoms with Gasteiger partial charge in [-0.3, -0.25) is 19.8 Å². The summed E-state index contributed by atoms with van der Waals surface area (Å²) in [5.41, 5.74) is 3.03. The van der Waals surface area contributed by atoms with E-state index < -0.39 is 11.8 Å². The molecule has 31 heavy (non-hydrogen) atoms. The van der Waals surface area contributed by atoms with Crippen LogP contribution >= 0.6 is 35.4 Å². The van der Waals surface area contributed by atoms with Crippen LogP contribution in [0.2, 0.25) is 10.0 Å². The molecular weight excluding hydrogens is 455 g/mol. The standard InChI is InChI=1S/C23H16Cl2N2O3S/c1-12-5-3-8-18(13(12)2)27-22(29)16(21(28)26-23(27)31)11-14-9-10-19(30-14)15-6-4-7-17(24)20(15)25/h3-11H,1-2H3,(H,26,28,31)/b16-11-. The minimum absolute atomic E-state index is 0.0340. The zero-order valence-electron chi connectivity index (χ0n) is 16.5. The van der Waals surface area contributed by atoms with Crippen LogP contribution in [0.25, 0.3) is 17.4 Å². The second kappa shape index (κ2) is 8.30. The van der Waals surface area contributed by atoms with E-state index in [0.717, 1.165) is 11.1 Å². The highest BCUT2D eigenvalue weighted by molar-refractivity contribution is 7.80. The minimum atomic E-state index is -0.588. The third-order valence-electron chi connectivity index (χ3n) is 5.05. The third kappa shape index (κ3) is 3.90. The molecule has 5 nitrogen and oxygen atoms in total. The van der Waals surface area contributed by atoms with E-state index in [1.807, 2.05) is 26.0 Å². The van der Waals surface area contributed by atoms with Crippen LogP contribution in [0.15, 0.2) is 58.5 Å². The molecule has 1 saturated heterocycles. The average Bonchev–Trinajstić information content (AvgIpc) is 3.19. The first kappa shape index (κ1) is 21.3. The molecule has 0 radical (unpaired) electrons. The molecule has 4 rings (SSSR count). The van der Waals surface area contributed by atoms with Crippen LogP contribution in [0.1, 0.15) is 16.9 Å². The Bertz CT molecular complexity index is 1280. The van der Waals surface area contributed by atoms with Crippen LogP contribution in [0.4, 0.5) is 5.69 Å². The molecule has 1 fully saturated rings. The predicted molar refractivity (Wildman–Crippen MR) is 126 cm³/mol. The number of nitrogens with one attached hydrogen (secondary N) is 1. The predicted octanol–water partition coefficient (Wildman–Crippen LogP) is 5.70. The highest BCUT2D eigenvalue weighted by Crippen LogP contribution is 2.35. The Morgan fingerprint density at radius 1 is 1.03 bits per heavy atom. The molecule has 2 heterocycles. The summed E-state index contributed by atoms with van der Waals surface area (Å²) in [6.45, 7) is 3.84. The second-order valence-corrected chi connectivity index (χ2v) is 8.15. The number of nitrogens with zero attached hydrogens (tertiary/aromatic N) is 1. The lowest BCUT2D eigenvalue weighted by Crippen LogP contribution is -2.54. The zero-order valence-corrected chi connectivity index (χ0v) is 18.9. The van der Waals surface area contributed by atoms with E-state index in [4.69, 9.17) is 39.8 Å². The Kier molecular flexibility index (Phi) is 5.71. The fourth-order valence-corrected chi connectivity index (χ4v) is 3.93. The van der Waals surface area contributed by atoms with Gasteiger partial charge in [0.05, 0.1) is 15.7 Å². The quantitative estimate of drug-likeness (QED) is 0.302. The number of aryl methyl sites for hydroxylation is 1. The van der Waals surface area contributed by atoms with Gasteiger partial charge in [-0.25, -0.2) is 0 Å². The lowest BCUT2D eigenvalue weighted by molar-refractivity contribution is -0.122. The van der Waals surface area contributed by atoms with Crippen molar-refractivity contribution in [2.24, 2.45) is 0 Å². The molecule has 0 saturated carbocycles. The number of thiocarbonyl (C=S) groups is 1. The van der Waals surface area contributed by atoms with E-state index >= 15 is 0 Å². The lowest BCUT2D eigenvalue weighted by Gasteiger charge is -2.30. The Morgan fingerprint density at radius 2 is 1.77 bits per heavy atom. The summed E-state index contributed by atoms with van der Waals surface area (Å²) in [5, 5.41) is 3.37. The molecule has 3 aromatic rings. The normalized spacial score (nSPS) is 15.5. The molecule has 0 aliphatic carbocycles. The summed E-state index contributed by atoms with van der Waals surface area (Å²) in [7, 11) is 0. The zero-order chi connectivity index (χ0) is 22.3. The van der Waals surface area contributed by atoms with Crippen molar-refractivity contribution in [3.05, 3.63) is 81.0 Å². The van der Waals surface area contributed by atoms with Crippen LogP contribution in [0, 0.1) is 13.8 Å². The van der Waals surface area contributed by atoms with Crippen LogP contribution in [0.5, 0.6) is 0 Å². The number of benzene rings is 2. The first-order chi connectivity index (χ1) is 14.8. The molecule has 0 unspecified atom stereocenters. The third-order valence-corrected chi connectivity index (χ3v) is 6.15. The van der Waals surface area contributed by atoms with E-state index in [1.165, 1.54) is 11.0 Å². The molecule has 0 bridgehead atoms. The van der Waals surface area contributed by atoms with Crippen LogP contribution in [-0.2, 0) is 9.59 Å². The van der Waals surface area contributed by atoms with Crippen molar-refractivity contribution in [2.75, 3.05) is 4.90 Å². The number of halogens is 2. The fourth-order valence-electron chi connectivity index (χ4n) is 3.27. The van der Waals surface area contributed by atoms with Crippen molar-refractivity contribution < 1.29 is 14.0 Å². The number of amides is 2. The maximum atomic E-state index is 13.2. The van der Waals surface area contributed by atoms with Gasteiger partial charge in [-0.1, -0.05) is 41.4 Å². The molecule has 2 aromatic carbocycles. The number of furan rings is 1. The van der Waals surface area contributed by atoms with Gasteiger partial charge in [0.1, 0.15) is 17.1 Å². The molecule has 1 N–H and O–H groups in total. The smallest absolute Gasteiger partial charge is 0.270 e. The first-order valence-corrected chi connectivity index (χ1v) is 10.5.